The van der Waals surface area contributed by atoms with Crippen LogP contribution in [0.25, 0.3) is 0 Å². The van der Waals surface area contributed by atoms with E-state index in [0.717, 1.165) is 16.7 Å². The highest BCUT2D eigenvalue weighted by molar-refractivity contribution is 6.05. The lowest BCUT2D eigenvalue weighted by atomic mass is 10.1. The summed E-state index contributed by atoms with van der Waals surface area (Å²) >= 11 is 0. The lowest BCUT2D eigenvalue weighted by Gasteiger charge is -2.12. The summed E-state index contributed by atoms with van der Waals surface area (Å²) in [6.07, 6.45) is -0.611. The van der Waals surface area contributed by atoms with Gasteiger partial charge in [-0.2, -0.15) is 0 Å². The van der Waals surface area contributed by atoms with Crippen LogP contribution < -0.4 is 16.4 Å². The Kier molecular flexibility index (Phi) is 7.75. The van der Waals surface area contributed by atoms with E-state index in [1.165, 1.54) is 0 Å². The molecule has 0 bridgehead atoms. The van der Waals surface area contributed by atoms with Gasteiger partial charge in [-0.15, -0.1) is 0 Å². The molecule has 0 fully saturated rings. The minimum Gasteiger partial charge on any atom is -0.444 e. The van der Waals surface area contributed by atoms with E-state index in [1.54, 1.807) is 31.4 Å². The first-order valence-corrected chi connectivity index (χ1v) is 9.78. The number of benzene rings is 3. The van der Waals surface area contributed by atoms with Crippen LogP contribution in [0, 0.1) is 0 Å². The Hall–Kier alpha value is -3.68. The number of rotatable bonds is 8. The zero-order valence-corrected chi connectivity index (χ0v) is 17.3. The van der Waals surface area contributed by atoms with Gasteiger partial charge in [-0.3, -0.25) is 10.1 Å². The Balaban J connectivity index is 1.71. The largest absolute Gasteiger partial charge is 0.444 e. The van der Waals surface area contributed by atoms with Gasteiger partial charge in [-0.05, 0) is 47.0 Å². The minimum atomic E-state index is -0.611. The average Bonchev–Trinajstić information content (AvgIpc) is 2.78. The summed E-state index contributed by atoms with van der Waals surface area (Å²) in [4.78, 5) is 25.0. The number of nitrogens with one attached hydrogen (secondary N) is 2. The zero-order valence-electron chi connectivity index (χ0n) is 17.3. The van der Waals surface area contributed by atoms with E-state index in [2.05, 4.69) is 10.6 Å². The molecule has 0 radical (unpaired) electrons. The van der Waals surface area contributed by atoms with E-state index in [1.807, 2.05) is 48.5 Å². The Morgan fingerprint density at radius 2 is 1.55 bits per heavy atom. The van der Waals surface area contributed by atoms with Gasteiger partial charge in [0.05, 0.1) is 6.61 Å². The van der Waals surface area contributed by atoms with Crippen molar-refractivity contribution in [3.63, 3.8) is 0 Å². The van der Waals surface area contributed by atoms with Gasteiger partial charge in [0.2, 0.25) is 0 Å². The lowest BCUT2D eigenvalue weighted by molar-refractivity contribution is 0.102. The third-order valence-corrected chi connectivity index (χ3v) is 4.45. The third-order valence-electron chi connectivity index (χ3n) is 4.45. The van der Waals surface area contributed by atoms with Crippen molar-refractivity contribution in [2.45, 2.75) is 19.8 Å². The van der Waals surface area contributed by atoms with Gasteiger partial charge in [0.25, 0.3) is 5.91 Å². The molecule has 0 aliphatic rings. The molecule has 31 heavy (non-hydrogen) atoms. The SMILES string of the molecule is COCc1cc(NC(=O)OCc2ccccc2)cc(C(=O)Nc2cccc(CN)c2)c1. The van der Waals surface area contributed by atoms with Gasteiger partial charge in [0.1, 0.15) is 6.61 Å². The molecule has 160 valence electrons. The van der Waals surface area contributed by atoms with E-state index in [4.69, 9.17) is 15.2 Å². The van der Waals surface area contributed by atoms with Crippen molar-refractivity contribution in [2.75, 3.05) is 17.7 Å². The fraction of sp³-hybridized carbons (Fsp3) is 0.167. The van der Waals surface area contributed by atoms with Gasteiger partial charge < -0.3 is 20.5 Å². The van der Waals surface area contributed by atoms with Crippen LogP contribution in [-0.2, 0) is 29.2 Å². The van der Waals surface area contributed by atoms with Gasteiger partial charge >= 0.3 is 6.09 Å². The van der Waals surface area contributed by atoms with E-state index in [-0.39, 0.29) is 19.1 Å². The summed E-state index contributed by atoms with van der Waals surface area (Å²) in [5.74, 6) is -0.312. The summed E-state index contributed by atoms with van der Waals surface area (Å²) < 4.78 is 10.4. The Bertz CT molecular complexity index is 1040. The topological polar surface area (TPSA) is 103 Å². The number of anilines is 2. The number of nitrogens with two attached hydrogens (primary N) is 1. The molecule has 3 aromatic rings. The maximum absolute atomic E-state index is 12.8. The standard InChI is InChI=1S/C24H25N3O4/c1-30-15-19-10-20(23(28)26-21-9-5-8-18(11-21)14-25)13-22(12-19)27-24(29)31-16-17-6-3-2-4-7-17/h2-13H,14-16,25H2,1H3,(H,26,28)(H,27,29). The number of carbonyl (C=O) groups is 2. The number of carbonyl (C=O) groups excluding carboxylic acids is 2. The molecule has 0 unspecified atom stereocenters. The highest BCUT2D eigenvalue weighted by Crippen LogP contribution is 2.19. The Labute approximate surface area is 181 Å². The van der Waals surface area contributed by atoms with Gasteiger partial charge in [-0.1, -0.05) is 42.5 Å². The molecule has 0 saturated heterocycles. The summed E-state index contributed by atoms with van der Waals surface area (Å²) in [6, 6.07) is 21.7. The molecule has 3 aromatic carbocycles. The number of amides is 2. The molecule has 0 aromatic heterocycles. The highest BCUT2D eigenvalue weighted by atomic mass is 16.5. The molecular formula is C24H25N3O4. The monoisotopic (exact) mass is 419 g/mol. The first-order chi connectivity index (χ1) is 15.1. The van der Waals surface area contributed by atoms with Crippen molar-refractivity contribution in [3.8, 4) is 0 Å². The summed E-state index contributed by atoms with van der Waals surface area (Å²) in [6.45, 7) is 0.818. The minimum absolute atomic E-state index is 0.148. The van der Waals surface area contributed by atoms with Crippen molar-refractivity contribution in [1.29, 1.82) is 0 Å². The van der Waals surface area contributed by atoms with Crippen LogP contribution in [0.3, 0.4) is 0 Å². The van der Waals surface area contributed by atoms with Crippen molar-refractivity contribution < 1.29 is 19.1 Å². The molecule has 7 heteroatoms. The van der Waals surface area contributed by atoms with Crippen LogP contribution in [0.2, 0.25) is 0 Å². The molecule has 4 N–H and O–H groups in total. The number of ether oxygens (including phenoxy) is 2. The summed E-state index contributed by atoms with van der Waals surface area (Å²) in [7, 11) is 1.56. The number of methoxy groups -OCH3 is 1. The van der Waals surface area contributed by atoms with E-state index in [0.29, 0.717) is 23.5 Å². The van der Waals surface area contributed by atoms with Gasteiger partial charge in [0.15, 0.2) is 0 Å². The predicted octanol–water partition coefficient (Wildman–Crippen LogP) is 4.29. The number of hydrogen-bond donors (Lipinski definition) is 3. The van der Waals surface area contributed by atoms with E-state index in [9.17, 15) is 9.59 Å². The fourth-order valence-electron chi connectivity index (χ4n) is 3.00. The first kappa shape index (κ1) is 22.0. The van der Waals surface area contributed by atoms with Crippen LogP contribution in [-0.4, -0.2) is 19.1 Å². The molecular weight excluding hydrogens is 394 g/mol. The molecule has 0 aliphatic heterocycles. The van der Waals surface area contributed by atoms with Crippen LogP contribution in [0.15, 0.2) is 72.8 Å². The van der Waals surface area contributed by atoms with E-state index < -0.39 is 6.09 Å². The quantitative estimate of drug-likeness (QED) is 0.505. The van der Waals surface area contributed by atoms with E-state index >= 15 is 0 Å². The Morgan fingerprint density at radius 3 is 2.29 bits per heavy atom. The Morgan fingerprint density at radius 1 is 0.806 bits per heavy atom. The maximum atomic E-state index is 12.8. The maximum Gasteiger partial charge on any atom is 0.411 e. The second-order valence-electron chi connectivity index (χ2n) is 6.90. The molecule has 0 saturated carbocycles. The normalized spacial score (nSPS) is 10.4. The van der Waals surface area contributed by atoms with Gasteiger partial charge in [-0.25, -0.2) is 4.79 Å². The predicted molar refractivity (Wildman–Crippen MR) is 120 cm³/mol. The van der Waals surface area contributed by atoms with Crippen LogP contribution in [0.5, 0.6) is 0 Å². The molecule has 2 amide bonds. The molecule has 7 nitrogen and oxygen atoms in total. The second kappa shape index (κ2) is 10.9. The van der Waals surface area contributed by atoms with Gasteiger partial charge in [0, 0.05) is 30.6 Å². The summed E-state index contributed by atoms with van der Waals surface area (Å²) in [5, 5.41) is 5.53. The fourth-order valence-corrected chi connectivity index (χ4v) is 3.00. The lowest BCUT2D eigenvalue weighted by Crippen LogP contribution is -2.16. The highest BCUT2D eigenvalue weighted by Gasteiger charge is 2.12. The van der Waals surface area contributed by atoms with Crippen LogP contribution in [0.4, 0.5) is 16.2 Å². The third kappa shape index (κ3) is 6.67. The molecule has 0 spiro atoms. The van der Waals surface area contributed by atoms with Crippen molar-refractivity contribution in [2.24, 2.45) is 5.73 Å². The summed E-state index contributed by atoms with van der Waals surface area (Å²) in [5.41, 5.74) is 9.65. The van der Waals surface area contributed by atoms with Crippen molar-refractivity contribution >= 4 is 23.4 Å². The zero-order chi connectivity index (χ0) is 22.1. The van der Waals surface area contributed by atoms with Crippen molar-refractivity contribution in [1.82, 2.24) is 0 Å². The van der Waals surface area contributed by atoms with Crippen LogP contribution in [0.1, 0.15) is 27.0 Å². The van der Waals surface area contributed by atoms with Crippen molar-refractivity contribution in [3.05, 3.63) is 95.1 Å². The smallest absolute Gasteiger partial charge is 0.411 e. The first-order valence-electron chi connectivity index (χ1n) is 9.78. The van der Waals surface area contributed by atoms with Crippen LogP contribution >= 0.6 is 0 Å². The molecule has 0 atom stereocenters. The second-order valence-corrected chi connectivity index (χ2v) is 6.90. The molecule has 0 aliphatic carbocycles. The molecule has 0 heterocycles. The molecule has 3 rings (SSSR count). The average molecular weight is 419 g/mol. The number of hydrogen-bond acceptors (Lipinski definition) is 5.